The monoisotopic (exact) mass is 306 g/mol. The first-order valence-electron chi connectivity index (χ1n) is 3.57. The highest BCUT2D eigenvalue weighted by Gasteiger charge is 2.01. The predicted molar refractivity (Wildman–Crippen MR) is 58.3 cm³/mol. The third-order valence-electron chi connectivity index (χ3n) is 1.46. The van der Waals surface area contributed by atoms with Gasteiger partial charge in [0.15, 0.2) is 0 Å². The van der Waals surface area contributed by atoms with Crippen LogP contribution in [-0.4, -0.2) is 6.03 Å². The Morgan fingerprint density at radius 2 is 2.15 bits per heavy atom. The van der Waals surface area contributed by atoms with E-state index >= 15 is 0 Å². The van der Waals surface area contributed by atoms with Crippen LogP contribution in [0.3, 0.4) is 0 Å². The number of amides is 2. The van der Waals surface area contributed by atoms with Crippen molar-refractivity contribution < 1.29 is 4.79 Å². The van der Waals surface area contributed by atoms with E-state index < -0.39 is 6.03 Å². The number of primary amides is 1. The molecule has 0 bridgehead atoms. The molecular weight excluding hydrogens is 300 g/mol. The van der Waals surface area contributed by atoms with Gasteiger partial charge in [-0.25, -0.2) is 4.79 Å². The smallest absolute Gasteiger partial charge is 0.312 e. The molecule has 0 fully saturated rings. The summed E-state index contributed by atoms with van der Waals surface area (Å²) in [5, 5.41) is 2.52. The fourth-order valence-electron chi connectivity index (χ4n) is 0.861. The summed E-state index contributed by atoms with van der Waals surface area (Å²) in [7, 11) is 0. The zero-order valence-corrected chi connectivity index (χ0v) is 9.85. The highest BCUT2D eigenvalue weighted by molar-refractivity contribution is 9.11. The predicted octanol–water partition coefficient (Wildman–Crippen LogP) is 2.38. The largest absolute Gasteiger partial charge is 0.352 e. The summed E-state index contributed by atoms with van der Waals surface area (Å²) in [6.45, 7) is 0.426. The van der Waals surface area contributed by atoms with Crippen LogP contribution < -0.4 is 11.1 Å². The Morgan fingerprint density at radius 1 is 1.46 bits per heavy atom. The molecule has 0 unspecified atom stereocenters. The molecule has 13 heavy (non-hydrogen) atoms. The van der Waals surface area contributed by atoms with Crippen molar-refractivity contribution in [3.05, 3.63) is 32.7 Å². The molecule has 0 aliphatic rings. The van der Waals surface area contributed by atoms with Gasteiger partial charge >= 0.3 is 6.03 Å². The summed E-state index contributed by atoms with van der Waals surface area (Å²) in [6, 6.07) is 5.21. The first-order chi connectivity index (χ1) is 6.09. The van der Waals surface area contributed by atoms with Gasteiger partial charge in [0.05, 0.1) is 0 Å². The van der Waals surface area contributed by atoms with Gasteiger partial charge in [-0.2, -0.15) is 0 Å². The van der Waals surface area contributed by atoms with E-state index in [1.54, 1.807) is 0 Å². The number of benzene rings is 1. The summed E-state index contributed by atoms with van der Waals surface area (Å²) in [4.78, 5) is 10.5. The number of nitrogens with two attached hydrogens (primary N) is 1. The normalized spacial score (nSPS) is 9.69. The molecule has 1 aromatic carbocycles. The molecule has 0 aromatic heterocycles. The number of hydrogen-bond acceptors (Lipinski definition) is 1. The van der Waals surface area contributed by atoms with Crippen molar-refractivity contribution in [2.75, 3.05) is 0 Å². The maximum absolute atomic E-state index is 10.5. The second kappa shape index (κ2) is 4.62. The minimum Gasteiger partial charge on any atom is -0.352 e. The van der Waals surface area contributed by atoms with Crippen molar-refractivity contribution in [1.29, 1.82) is 0 Å². The molecule has 0 saturated carbocycles. The summed E-state index contributed by atoms with van der Waals surface area (Å²) < 4.78 is 1.92. The van der Waals surface area contributed by atoms with Gasteiger partial charge in [0.25, 0.3) is 0 Å². The highest BCUT2D eigenvalue weighted by atomic mass is 79.9. The van der Waals surface area contributed by atoms with Gasteiger partial charge in [0.2, 0.25) is 0 Å². The number of urea groups is 1. The van der Waals surface area contributed by atoms with Gasteiger partial charge in [-0.1, -0.05) is 31.9 Å². The van der Waals surface area contributed by atoms with E-state index in [-0.39, 0.29) is 0 Å². The van der Waals surface area contributed by atoms with E-state index in [2.05, 4.69) is 37.2 Å². The summed E-state index contributed by atoms with van der Waals surface area (Å²) in [5.41, 5.74) is 5.93. The SMILES string of the molecule is NC(=O)NCc1cc(Br)ccc1Br. The van der Waals surface area contributed by atoms with E-state index in [9.17, 15) is 4.79 Å². The van der Waals surface area contributed by atoms with Gasteiger partial charge in [0, 0.05) is 15.5 Å². The molecule has 0 aliphatic heterocycles. The third-order valence-corrected chi connectivity index (χ3v) is 2.73. The van der Waals surface area contributed by atoms with E-state index in [1.807, 2.05) is 18.2 Å². The number of rotatable bonds is 2. The fourth-order valence-corrected chi connectivity index (χ4v) is 1.66. The van der Waals surface area contributed by atoms with Crippen molar-refractivity contribution in [2.45, 2.75) is 6.54 Å². The highest BCUT2D eigenvalue weighted by Crippen LogP contribution is 2.21. The van der Waals surface area contributed by atoms with Gasteiger partial charge in [-0.3, -0.25) is 0 Å². The molecule has 5 heteroatoms. The Morgan fingerprint density at radius 3 is 2.77 bits per heavy atom. The zero-order valence-electron chi connectivity index (χ0n) is 6.68. The van der Waals surface area contributed by atoms with Crippen LogP contribution in [0.1, 0.15) is 5.56 Å². The Hall–Kier alpha value is -0.550. The lowest BCUT2D eigenvalue weighted by molar-refractivity contribution is 0.248. The molecule has 0 radical (unpaired) electrons. The molecule has 0 aliphatic carbocycles. The molecule has 0 saturated heterocycles. The molecule has 2 amide bonds. The maximum atomic E-state index is 10.5. The number of carbonyl (C=O) groups excluding carboxylic acids is 1. The van der Waals surface area contributed by atoms with Crippen molar-refractivity contribution in [2.24, 2.45) is 5.73 Å². The van der Waals surface area contributed by atoms with Gasteiger partial charge < -0.3 is 11.1 Å². The second-order valence-electron chi connectivity index (χ2n) is 2.45. The van der Waals surface area contributed by atoms with Crippen LogP contribution in [0.15, 0.2) is 27.1 Å². The van der Waals surface area contributed by atoms with Crippen LogP contribution in [-0.2, 0) is 6.54 Å². The van der Waals surface area contributed by atoms with Crippen molar-refractivity contribution in [1.82, 2.24) is 5.32 Å². The number of halogens is 2. The Balaban J connectivity index is 2.75. The first-order valence-corrected chi connectivity index (χ1v) is 5.15. The van der Waals surface area contributed by atoms with E-state index in [1.165, 1.54) is 0 Å². The molecule has 1 rings (SSSR count). The minimum absolute atomic E-state index is 0.426. The second-order valence-corrected chi connectivity index (χ2v) is 4.22. The van der Waals surface area contributed by atoms with Gasteiger partial charge in [-0.05, 0) is 23.8 Å². The number of hydrogen-bond donors (Lipinski definition) is 2. The average Bonchev–Trinajstić information content (AvgIpc) is 2.06. The third kappa shape index (κ3) is 3.36. The zero-order chi connectivity index (χ0) is 9.84. The van der Waals surface area contributed by atoms with Crippen molar-refractivity contribution >= 4 is 37.9 Å². The van der Waals surface area contributed by atoms with Gasteiger partial charge in [0.1, 0.15) is 0 Å². The first kappa shape index (κ1) is 10.5. The molecule has 1 aromatic rings. The molecule has 70 valence electrons. The van der Waals surface area contributed by atoms with Gasteiger partial charge in [-0.15, -0.1) is 0 Å². The lowest BCUT2D eigenvalue weighted by atomic mass is 10.2. The van der Waals surface area contributed by atoms with Crippen LogP contribution in [0, 0.1) is 0 Å². The molecule has 3 nitrogen and oxygen atoms in total. The lowest BCUT2D eigenvalue weighted by Crippen LogP contribution is -2.28. The quantitative estimate of drug-likeness (QED) is 0.866. The minimum atomic E-state index is -0.521. The fraction of sp³-hybridized carbons (Fsp3) is 0.125. The molecule has 3 N–H and O–H groups in total. The number of nitrogens with one attached hydrogen (secondary N) is 1. The summed E-state index contributed by atoms with van der Waals surface area (Å²) >= 11 is 6.71. The van der Waals surface area contributed by atoms with Crippen molar-refractivity contribution in [3.63, 3.8) is 0 Å². The Kier molecular flexibility index (Phi) is 3.74. The maximum Gasteiger partial charge on any atom is 0.312 e. The van der Waals surface area contributed by atoms with Crippen molar-refractivity contribution in [3.8, 4) is 0 Å². The van der Waals surface area contributed by atoms with Crippen LogP contribution >= 0.6 is 31.9 Å². The average molecular weight is 308 g/mol. The summed E-state index contributed by atoms with van der Waals surface area (Å²) in [5.74, 6) is 0. The van der Waals surface area contributed by atoms with Crippen LogP contribution in [0.2, 0.25) is 0 Å². The van der Waals surface area contributed by atoms with E-state index in [4.69, 9.17) is 5.73 Å². The molecule has 0 atom stereocenters. The molecule has 0 spiro atoms. The summed E-state index contributed by atoms with van der Waals surface area (Å²) in [6.07, 6.45) is 0. The van der Waals surface area contributed by atoms with E-state index in [0.29, 0.717) is 6.54 Å². The molecule has 0 heterocycles. The Labute approximate surface area is 92.9 Å². The van der Waals surface area contributed by atoms with Crippen LogP contribution in [0.4, 0.5) is 4.79 Å². The lowest BCUT2D eigenvalue weighted by Gasteiger charge is -2.05. The topological polar surface area (TPSA) is 55.1 Å². The van der Waals surface area contributed by atoms with E-state index in [0.717, 1.165) is 14.5 Å². The molecular formula is C8H8Br2N2O. The van der Waals surface area contributed by atoms with Crippen LogP contribution in [0.25, 0.3) is 0 Å². The number of carbonyl (C=O) groups is 1. The standard InChI is InChI=1S/C8H8Br2N2O/c9-6-1-2-7(10)5(3-6)4-12-8(11)13/h1-3H,4H2,(H3,11,12,13). The Bertz CT molecular complexity index is 328. The van der Waals surface area contributed by atoms with Crippen LogP contribution in [0.5, 0.6) is 0 Å².